The van der Waals surface area contributed by atoms with E-state index in [-0.39, 0.29) is 11.9 Å². The molecular weight excluding hydrogens is 316 g/mol. The van der Waals surface area contributed by atoms with Crippen molar-refractivity contribution in [3.05, 3.63) is 47.6 Å². The summed E-state index contributed by atoms with van der Waals surface area (Å²) in [7, 11) is 0. The highest BCUT2D eigenvalue weighted by atomic mass is 16.5. The van der Waals surface area contributed by atoms with E-state index < -0.39 is 0 Å². The summed E-state index contributed by atoms with van der Waals surface area (Å²) in [5, 5.41) is 7.69. The molecule has 1 aromatic heterocycles. The number of carbonyl (C=O) groups is 1. The number of nitrogens with zero attached hydrogens (tertiary/aromatic N) is 3. The molecule has 1 aliphatic heterocycles. The van der Waals surface area contributed by atoms with Gasteiger partial charge < -0.3 is 14.7 Å². The number of hydrogen-bond acceptors (Lipinski definition) is 5. The molecule has 6 heteroatoms. The molecule has 25 heavy (non-hydrogen) atoms. The standard InChI is InChI=1S/C19H26N4O2/c1-13-12-23(15(3)24)10-9-17(13)20-14(2)19-21-18(22-25-19)11-16-7-5-4-6-8-16/h4-8,13-14,17,20H,9-12H2,1-3H3. The summed E-state index contributed by atoms with van der Waals surface area (Å²) in [6, 6.07) is 10.5. The molecule has 0 saturated carbocycles. The van der Waals surface area contributed by atoms with E-state index >= 15 is 0 Å². The van der Waals surface area contributed by atoms with Crippen LogP contribution < -0.4 is 5.32 Å². The quantitative estimate of drug-likeness (QED) is 0.904. The fourth-order valence-corrected chi connectivity index (χ4v) is 3.37. The van der Waals surface area contributed by atoms with Gasteiger partial charge in [0.1, 0.15) is 0 Å². The molecule has 0 bridgehead atoms. The van der Waals surface area contributed by atoms with Crippen LogP contribution in [0.1, 0.15) is 50.5 Å². The summed E-state index contributed by atoms with van der Waals surface area (Å²) in [6.07, 6.45) is 1.61. The number of carbonyl (C=O) groups excluding carboxylic acids is 1. The van der Waals surface area contributed by atoms with E-state index in [1.165, 1.54) is 5.56 Å². The molecule has 1 amide bonds. The zero-order chi connectivity index (χ0) is 17.8. The lowest BCUT2D eigenvalue weighted by Gasteiger charge is -2.37. The highest BCUT2D eigenvalue weighted by Crippen LogP contribution is 2.21. The Morgan fingerprint density at radius 3 is 2.84 bits per heavy atom. The van der Waals surface area contributed by atoms with Crippen LogP contribution in [0.5, 0.6) is 0 Å². The van der Waals surface area contributed by atoms with Crippen molar-refractivity contribution >= 4 is 5.91 Å². The van der Waals surface area contributed by atoms with E-state index in [0.29, 0.717) is 30.1 Å². The molecule has 2 heterocycles. The van der Waals surface area contributed by atoms with E-state index in [1.807, 2.05) is 30.0 Å². The molecule has 1 aromatic carbocycles. The molecule has 3 atom stereocenters. The first-order chi connectivity index (χ1) is 12.0. The SMILES string of the molecule is CC(=O)N1CCC(NC(C)c2nc(Cc3ccccc3)no2)C(C)C1. The van der Waals surface area contributed by atoms with Gasteiger partial charge in [0.2, 0.25) is 11.8 Å². The first-order valence-corrected chi connectivity index (χ1v) is 8.91. The third-order valence-electron chi connectivity index (χ3n) is 4.87. The van der Waals surface area contributed by atoms with Gasteiger partial charge in [-0.1, -0.05) is 42.4 Å². The molecule has 0 aliphatic carbocycles. The predicted molar refractivity (Wildman–Crippen MR) is 94.9 cm³/mol. The topological polar surface area (TPSA) is 71.3 Å². The van der Waals surface area contributed by atoms with Crippen molar-refractivity contribution in [3.8, 4) is 0 Å². The third-order valence-corrected chi connectivity index (χ3v) is 4.87. The second-order valence-electron chi connectivity index (χ2n) is 6.94. The zero-order valence-electron chi connectivity index (χ0n) is 15.1. The Hall–Kier alpha value is -2.21. The van der Waals surface area contributed by atoms with Gasteiger partial charge in [-0.05, 0) is 24.8 Å². The molecule has 6 nitrogen and oxygen atoms in total. The average molecular weight is 342 g/mol. The van der Waals surface area contributed by atoms with Crippen LogP contribution in [0.15, 0.2) is 34.9 Å². The molecule has 1 N–H and O–H groups in total. The fourth-order valence-electron chi connectivity index (χ4n) is 3.37. The summed E-state index contributed by atoms with van der Waals surface area (Å²) in [4.78, 5) is 18.0. The maximum Gasteiger partial charge on any atom is 0.243 e. The van der Waals surface area contributed by atoms with Gasteiger partial charge >= 0.3 is 0 Å². The number of aromatic nitrogens is 2. The van der Waals surface area contributed by atoms with Crippen molar-refractivity contribution in [2.24, 2.45) is 5.92 Å². The van der Waals surface area contributed by atoms with Crippen molar-refractivity contribution in [1.29, 1.82) is 0 Å². The summed E-state index contributed by atoms with van der Waals surface area (Å²) < 4.78 is 5.45. The molecular formula is C19H26N4O2. The molecule has 134 valence electrons. The minimum atomic E-state index is -0.00616. The van der Waals surface area contributed by atoms with Crippen molar-refractivity contribution in [2.45, 2.75) is 45.7 Å². The van der Waals surface area contributed by atoms with Crippen molar-refractivity contribution in [2.75, 3.05) is 13.1 Å². The summed E-state index contributed by atoms with van der Waals surface area (Å²) in [5.41, 5.74) is 1.17. The summed E-state index contributed by atoms with van der Waals surface area (Å²) >= 11 is 0. The van der Waals surface area contributed by atoms with Crippen molar-refractivity contribution < 1.29 is 9.32 Å². The van der Waals surface area contributed by atoms with Crippen LogP contribution in [-0.4, -0.2) is 40.1 Å². The highest BCUT2D eigenvalue weighted by Gasteiger charge is 2.29. The largest absolute Gasteiger partial charge is 0.343 e. The molecule has 1 saturated heterocycles. The van der Waals surface area contributed by atoms with Gasteiger partial charge in [-0.15, -0.1) is 0 Å². The van der Waals surface area contributed by atoms with Crippen LogP contribution in [-0.2, 0) is 11.2 Å². The number of benzene rings is 1. The smallest absolute Gasteiger partial charge is 0.243 e. The number of piperidine rings is 1. The lowest BCUT2D eigenvalue weighted by Crippen LogP contribution is -2.50. The van der Waals surface area contributed by atoms with Gasteiger partial charge in [0.15, 0.2) is 5.82 Å². The third kappa shape index (κ3) is 4.45. The van der Waals surface area contributed by atoms with Gasteiger partial charge in [-0.2, -0.15) is 4.98 Å². The zero-order valence-corrected chi connectivity index (χ0v) is 15.1. The van der Waals surface area contributed by atoms with Crippen LogP contribution in [0.4, 0.5) is 0 Å². The minimum Gasteiger partial charge on any atom is -0.343 e. The van der Waals surface area contributed by atoms with Gasteiger partial charge in [-0.3, -0.25) is 4.79 Å². The van der Waals surface area contributed by atoms with Gasteiger partial charge in [0, 0.05) is 32.5 Å². The van der Waals surface area contributed by atoms with Gasteiger partial charge in [0.05, 0.1) is 6.04 Å². The van der Waals surface area contributed by atoms with E-state index in [2.05, 4.69) is 34.5 Å². The Balaban J connectivity index is 1.57. The lowest BCUT2D eigenvalue weighted by atomic mass is 9.93. The molecule has 0 spiro atoms. The van der Waals surface area contributed by atoms with E-state index in [9.17, 15) is 4.79 Å². The fraction of sp³-hybridized carbons (Fsp3) is 0.526. The van der Waals surface area contributed by atoms with Gasteiger partial charge in [-0.25, -0.2) is 0 Å². The van der Waals surface area contributed by atoms with E-state index in [4.69, 9.17) is 4.52 Å². The molecule has 1 fully saturated rings. The van der Waals surface area contributed by atoms with Crippen molar-refractivity contribution in [1.82, 2.24) is 20.4 Å². The Kier molecular flexibility index (Phi) is 5.48. The van der Waals surface area contributed by atoms with Crippen LogP contribution >= 0.6 is 0 Å². The predicted octanol–water partition coefficient (Wildman–Crippen LogP) is 2.57. The normalized spacial score (nSPS) is 22.0. The van der Waals surface area contributed by atoms with Crippen LogP contribution in [0.25, 0.3) is 0 Å². The lowest BCUT2D eigenvalue weighted by molar-refractivity contribution is -0.130. The van der Waals surface area contributed by atoms with Crippen LogP contribution in [0.3, 0.4) is 0 Å². The Labute approximate surface area is 148 Å². The Morgan fingerprint density at radius 2 is 2.16 bits per heavy atom. The molecule has 3 unspecified atom stereocenters. The molecule has 1 aliphatic rings. The number of likely N-dealkylation sites (tertiary alicyclic amines) is 1. The number of nitrogens with one attached hydrogen (secondary N) is 1. The Morgan fingerprint density at radius 1 is 1.40 bits per heavy atom. The second kappa shape index (κ2) is 7.78. The van der Waals surface area contributed by atoms with Crippen molar-refractivity contribution in [3.63, 3.8) is 0 Å². The molecule has 2 aromatic rings. The highest BCUT2D eigenvalue weighted by molar-refractivity contribution is 5.73. The number of rotatable bonds is 5. The minimum absolute atomic E-state index is 0.00616. The summed E-state index contributed by atoms with van der Waals surface area (Å²) in [6.45, 7) is 7.45. The number of amides is 1. The molecule has 0 radical (unpaired) electrons. The van der Waals surface area contributed by atoms with E-state index in [1.54, 1.807) is 6.92 Å². The first kappa shape index (κ1) is 17.6. The van der Waals surface area contributed by atoms with Crippen LogP contribution in [0.2, 0.25) is 0 Å². The monoisotopic (exact) mass is 342 g/mol. The number of hydrogen-bond donors (Lipinski definition) is 1. The summed E-state index contributed by atoms with van der Waals surface area (Å²) in [5.74, 6) is 1.87. The Bertz CT molecular complexity index is 700. The van der Waals surface area contributed by atoms with Crippen LogP contribution in [0, 0.1) is 5.92 Å². The average Bonchev–Trinajstić information content (AvgIpc) is 3.06. The molecule has 3 rings (SSSR count). The maximum absolute atomic E-state index is 11.5. The second-order valence-corrected chi connectivity index (χ2v) is 6.94. The van der Waals surface area contributed by atoms with E-state index in [0.717, 1.165) is 19.5 Å². The maximum atomic E-state index is 11.5. The van der Waals surface area contributed by atoms with Gasteiger partial charge in [0.25, 0.3) is 0 Å². The first-order valence-electron chi connectivity index (χ1n) is 8.91.